The molecule has 2 aromatic carbocycles. The van der Waals surface area contributed by atoms with Crippen molar-refractivity contribution < 1.29 is 14.3 Å². The number of hydrogen-bond acceptors (Lipinski definition) is 6. The lowest BCUT2D eigenvalue weighted by atomic mass is 10.1. The van der Waals surface area contributed by atoms with E-state index in [4.69, 9.17) is 9.47 Å². The molecule has 0 saturated heterocycles. The first-order valence-corrected chi connectivity index (χ1v) is 8.18. The van der Waals surface area contributed by atoms with Crippen LogP contribution in [0.1, 0.15) is 17.4 Å². The van der Waals surface area contributed by atoms with Gasteiger partial charge in [0.15, 0.2) is 17.2 Å². The van der Waals surface area contributed by atoms with Crippen molar-refractivity contribution in [1.82, 2.24) is 19.8 Å². The van der Waals surface area contributed by atoms with E-state index in [1.807, 2.05) is 48.5 Å². The van der Waals surface area contributed by atoms with Gasteiger partial charge in [-0.25, -0.2) is 4.79 Å². The van der Waals surface area contributed by atoms with Crippen LogP contribution in [-0.2, 0) is 4.74 Å². The van der Waals surface area contributed by atoms with Crippen molar-refractivity contribution in [2.24, 2.45) is 0 Å². The van der Waals surface area contributed by atoms with Crippen LogP contribution in [0.2, 0.25) is 0 Å². The van der Waals surface area contributed by atoms with Gasteiger partial charge in [0.1, 0.15) is 5.75 Å². The van der Waals surface area contributed by atoms with Crippen LogP contribution in [0.5, 0.6) is 5.75 Å². The Morgan fingerprint density at radius 2 is 1.77 bits per heavy atom. The maximum atomic E-state index is 12.4. The van der Waals surface area contributed by atoms with E-state index < -0.39 is 5.97 Å². The number of ether oxygens (including phenoxy) is 2. The molecule has 0 N–H and O–H groups in total. The number of esters is 1. The summed E-state index contributed by atoms with van der Waals surface area (Å²) in [4.78, 5) is 12.4. The Hall–Kier alpha value is -3.48. The number of benzene rings is 2. The van der Waals surface area contributed by atoms with E-state index in [-0.39, 0.29) is 12.3 Å². The van der Waals surface area contributed by atoms with E-state index in [0.717, 1.165) is 16.7 Å². The Bertz CT molecular complexity index is 1100. The molecule has 2 aromatic heterocycles. The number of aromatic nitrogens is 4. The van der Waals surface area contributed by atoms with Crippen LogP contribution in [0.4, 0.5) is 0 Å². The summed E-state index contributed by atoms with van der Waals surface area (Å²) < 4.78 is 11.9. The molecule has 0 aliphatic rings. The van der Waals surface area contributed by atoms with Crippen LogP contribution in [0, 0.1) is 0 Å². The standard InChI is InChI=1S/C19H16N4O3/c1-3-26-19(24)16-14-6-4-5-7-15(14)18-21-20-17(23(18)22-16)12-8-10-13(25-2)11-9-12/h4-11H,3H2,1-2H3. The molecule has 0 fully saturated rings. The number of carbonyl (C=O) groups is 1. The predicted octanol–water partition coefficient (Wildman–Crippen LogP) is 3.13. The summed E-state index contributed by atoms with van der Waals surface area (Å²) in [6.07, 6.45) is 0. The van der Waals surface area contributed by atoms with Gasteiger partial charge in [-0.05, 0) is 31.2 Å². The number of hydrogen-bond donors (Lipinski definition) is 0. The van der Waals surface area contributed by atoms with Crippen molar-refractivity contribution in [2.45, 2.75) is 6.92 Å². The van der Waals surface area contributed by atoms with Crippen LogP contribution in [0.25, 0.3) is 27.8 Å². The maximum Gasteiger partial charge on any atom is 0.359 e. The molecule has 0 saturated carbocycles. The minimum absolute atomic E-state index is 0.240. The first kappa shape index (κ1) is 16.0. The third kappa shape index (κ3) is 2.54. The molecule has 0 aliphatic carbocycles. The molecule has 4 aromatic rings. The van der Waals surface area contributed by atoms with Crippen molar-refractivity contribution >= 4 is 22.4 Å². The second kappa shape index (κ2) is 6.44. The minimum atomic E-state index is -0.472. The predicted molar refractivity (Wildman–Crippen MR) is 96.2 cm³/mol. The van der Waals surface area contributed by atoms with Crippen molar-refractivity contribution in [2.75, 3.05) is 13.7 Å². The lowest BCUT2D eigenvalue weighted by Crippen LogP contribution is -2.11. The molecule has 0 unspecified atom stereocenters. The van der Waals surface area contributed by atoms with E-state index in [2.05, 4.69) is 15.3 Å². The first-order chi connectivity index (χ1) is 12.7. The van der Waals surface area contributed by atoms with Gasteiger partial charge in [-0.15, -0.1) is 10.2 Å². The van der Waals surface area contributed by atoms with Gasteiger partial charge < -0.3 is 9.47 Å². The first-order valence-electron chi connectivity index (χ1n) is 8.18. The summed E-state index contributed by atoms with van der Waals surface area (Å²) in [7, 11) is 1.61. The molecule has 7 nitrogen and oxygen atoms in total. The van der Waals surface area contributed by atoms with Gasteiger partial charge in [0.05, 0.1) is 13.7 Å². The molecule has 130 valence electrons. The fraction of sp³-hybridized carbons (Fsp3) is 0.158. The molecule has 0 spiro atoms. The molecule has 0 radical (unpaired) electrons. The van der Waals surface area contributed by atoms with Crippen LogP contribution < -0.4 is 4.74 Å². The number of methoxy groups -OCH3 is 1. The Morgan fingerprint density at radius 3 is 2.46 bits per heavy atom. The Kier molecular flexibility index (Phi) is 3.96. The van der Waals surface area contributed by atoms with Gasteiger partial charge in [0.2, 0.25) is 0 Å². The monoisotopic (exact) mass is 348 g/mol. The lowest BCUT2D eigenvalue weighted by Gasteiger charge is -2.08. The molecule has 4 rings (SSSR count). The van der Waals surface area contributed by atoms with E-state index in [0.29, 0.717) is 16.9 Å². The molecular formula is C19H16N4O3. The minimum Gasteiger partial charge on any atom is -0.497 e. The largest absolute Gasteiger partial charge is 0.497 e. The van der Waals surface area contributed by atoms with Crippen molar-refractivity contribution in [3.63, 3.8) is 0 Å². The highest BCUT2D eigenvalue weighted by molar-refractivity contribution is 6.06. The fourth-order valence-corrected chi connectivity index (χ4v) is 2.85. The highest BCUT2D eigenvalue weighted by Gasteiger charge is 2.20. The summed E-state index contributed by atoms with van der Waals surface area (Å²) in [5.74, 6) is 0.812. The van der Waals surface area contributed by atoms with Crippen molar-refractivity contribution in [3.8, 4) is 17.1 Å². The second-order valence-corrected chi connectivity index (χ2v) is 5.60. The molecule has 0 aliphatic heterocycles. The zero-order valence-electron chi connectivity index (χ0n) is 14.3. The van der Waals surface area contributed by atoms with E-state index in [1.54, 1.807) is 18.5 Å². The summed E-state index contributed by atoms with van der Waals surface area (Å²) >= 11 is 0. The number of nitrogens with zero attached hydrogens (tertiary/aromatic N) is 4. The smallest absolute Gasteiger partial charge is 0.359 e. The van der Waals surface area contributed by atoms with E-state index in [1.165, 1.54) is 0 Å². The lowest BCUT2D eigenvalue weighted by molar-refractivity contribution is 0.0520. The molecule has 0 bridgehead atoms. The topological polar surface area (TPSA) is 78.6 Å². The molecular weight excluding hydrogens is 332 g/mol. The summed E-state index contributed by atoms with van der Waals surface area (Å²) in [5, 5.41) is 14.5. The molecule has 26 heavy (non-hydrogen) atoms. The average molecular weight is 348 g/mol. The number of carbonyl (C=O) groups excluding carboxylic acids is 1. The number of fused-ring (bicyclic) bond motifs is 3. The highest BCUT2D eigenvalue weighted by Crippen LogP contribution is 2.26. The zero-order valence-corrected chi connectivity index (χ0v) is 14.3. The van der Waals surface area contributed by atoms with Crippen LogP contribution >= 0.6 is 0 Å². The van der Waals surface area contributed by atoms with Gasteiger partial charge in [0.25, 0.3) is 0 Å². The maximum absolute atomic E-state index is 12.4. The van der Waals surface area contributed by atoms with Crippen molar-refractivity contribution in [1.29, 1.82) is 0 Å². The van der Waals surface area contributed by atoms with Crippen LogP contribution in [-0.4, -0.2) is 39.5 Å². The molecule has 2 heterocycles. The Morgan fingerprint density at radius 1 is 1.04 bits per heavy atom. The quantitative estimate of drug-likeness (QED) is 0.527. The summed E-state index contributed by atoms with van der Waals surface area (Å²) in [6.45, 7) is 2.04. The van der Waals surface area contributed by atoms with Crippen LogP contribution in [0.3, 0.4) is 0 Å². The third-order valence-electron chi connectivity index (χ3n) is 4.08. The van der Waals surface area contributed by atoms with Gasteiger partial charge in [-0.1, -0.05) is 24.3 Å². The SMILES string of the molecule is CCOC(=O)c1nn2c(-c3ccc(OC)cc3)nnc2c2ccccc12. The van der Waals surface area contributed by atoms with Crippen molar-refractivity contribution in [3.05, 3.63) is 54.2 Å². The molecule has 0 amide bonds. The van der Waals surface area contributed by atoms with Crippen LogP contribution in [0.15, 0.2) is 48.5 Å². The van der Waals surface area contributed by atoms with Gasteiger partial charge in [0, 0.05) is 16.3 Å². The van der Waals surface area contributed by atoms with Gasteiger partial charge in [-0.2, -0.15) is 9.61 Å². The summed E-state index contributed by atoms with van der Waals surface area (Å²) in [5.41, 5.74) is 1.64. The molecule has 0 atom stereocenters. The average Bonchev–Trinajstić information content (AvgIpc) is 3.12. The zero-order chi connectivity index (χ0) is 18.1. The Balaban J connectivity index is 1.98. The normalized spacial score (nSPS) is 11.0. The van der Waals surface area contributed by atoms with E-state index >= 15 is 0 Å². The molecule has 7 heteroatoms. The van der Waals surface area contributed by atoms with Gasteiger partial charge in [-0.3, -0.25) is 0 Å². The number of rotatable bonds is 4. The fourth-order valence-electron chi connectivity index (χ4n) is 2.85. The van der Waals surface area contributed by atoms with E-state index in [9.17, 15) is 4.79 Å². The Labute approximate surface area is 149 Å². The summed E-state index contributed by atoms with van der Waals surface area (Å²) in [6, 6.07) is 14.9. The third-order valence-corrected chi connectivity index (χ3v) is 4.08. The van der Waals surface area contributed by atoms with Gasteiger partial charge >= 0.3 is 5.97 Å². The second-order valence-electron chi connectivity index (χ2n) is 5.60. The highest BCUT2D eigenvalue weighted by atomic mass is 16.5.